The SMILES string of the molecule is C/C1=C\C=C\[C@@H](C)[C@@]2(O)CC(OC(=O)N2)[C@@H](C)[C@@H]2O[C@@]2(C)[C@@H](OC(=O)[C@H](C)OCCCSC2CC(=O)N(C[C@H]3CC[C@H](C(=O)ON4CCCC4=O)CC3)C2=O)CC(=O)N(C)c2cc(cc(C)c2Cl)C1. The lowest BCUT2D eigenvalue weighted by Gasteiger charge is -2.41. The average molecular weight is 1000 g/mol. The molecule has 1 saturated carbocycles. The summed E-state index contributed by atoms with van der Waals surface area (Å²) in [7, 11) is 1.62. The Morgan fingerprint density at radius 2 is 1.78 bits per heavy atom. The number of epoxide rings is 1. The Balaban J connectivity index is 0.939. The van der Waals surface area contributed by atoms with Crippen molar-refractivity contribution in [2.45, 2.75) is 153 Å². The topological polar surface area (TPSA) is 211 Å². The van der Waals surface area contributed by atoms with Crippen LogP contribution in [-0.2, 0) is 59.0 Å². The molecule has 5 fully saturated rings. The van der Waals surface area contributed by atoms with Crippen LogP contribution in [0.15, 0.2) is 35.9 Å². The number of nitrogens with one attached hydrogen (secondary N) is 1. The molecule has 6 aliphatic rings. The average Bonchev–Trinajstić information content (AvgIpc) is 3.73. The maximum Gasteiger partial charge on any atom is 0.409 e. The van der Waals surface area contributed by atoms with E-state index in [0.29, 0.717) is 80.9 Å². The van der Waals surface area contributed by atoms with E-state index in [4.69, 9.17) is 35.4 Å². The molecule has 0 radical (unpaired) electrons. The highest BCUT2D eigenvalue weighted by atomic mass is 35.5. The number of hydrogen-bond donors (Lipinski definition) is 2. The number of thioether (sulfide) groups is 1. The van der Waals surface area contributed by atoms with Gasteiger partial charge in [0.25, 0.3) is 5.91 Å². The number of alkyl carbamates (subject to hydrolysis) is 1. The third-order valence-electron chi connectivity index (χ3n) is 14.7. The molecule has 4 saturated heterocycles. The number of imide groups is 1. The quantitative estimate of drug-likeness (QED) is 0.104. The summed E-state index contributed by atoms with van der Waals surface area (Å²) in [6.45, 7) is 11.7. The number of anilines is 1. The van der Waals surface area contributed by atoms with Gasteiger partial charge in [-0.25, -0.2) is 14.4 Å². The fourth-order valence-electron chi connectivity index (χ4n) is 10.1. The number of halogens is 1. The standard InChI is InChI=1S/C50H67ClN4O13S/c1-28-11-8-12-30(3)50(63)26-37(65-48(62)52-50)31(4)44-49(6,67-44)39(25-41(57)53(7)36-23-34(21-28)22-29(2)43(36)51)66-46(60)32(5)64-19-10-20-69-38-24-42(58)54(45(38)59)27-33-14-16-35(17-15-33)47(61)68-55-18-9-13-40(55)56/h8,11-12,22-23,30-33,35,37-39,44,63H,9-10,13-21,24-27H2,1-7H3,(H,52,62)/b12-8+,28-11+/t30-,31-,32+,33-,35-,37?,38?,39+,44+,49+,50+/m1/s1. The van der Waals surface area contributed by atoms with Crippen LogP contribution in [0.4, 0.5) is 10.5 Å². The van der Waals surface area contributed by atoms with E-state index in [1.54, 1.807) is 20.9 Å². The molecule has 5 amide bonds. The molecular weight excluding hydrogens is 932 g/mol. The van der Waals surface area contributed by atoms with Crippen LogP contribution >= 0.6 is 23.4 Å². The monoisotopic (exact) mass is 998 g/mol. The van der Waals surface area contributed by atoms with E-state index in [1.165, 1.54) is 21.6 Å². The highest BCUT2D eigenvalue weighted by Crippen LogP contribution is 2.49. The van der Waals surface area contributed by atoms with Crippen LogP contribution < -0.4 is 10.2 Å². The first-order valence-corrected chi connectivity index (χ1v) is 25.7. The van der Waals surface area contributed by atoms with Crippen molar-refractivity contribution in [2.75, 3.05) is 37.4 Å². The second-order valence-corrected chi connectivity index (χ2v) is 21.7. The van der Waals surface area contributed by atoms with Gasteiger partial charge in [-0.3, -0.25) is 29.4 Å². The largest absolute Gasteiger partial charge is 0.457 e. The van der Waals surface area contributed by atoms with Crippen molar-refractivity contribution in [2.24, 2.45) is 23.7 Å². The second kappa shape index (κ2) is 21.9. The molecule has 17 nitrogen and oxygen atoms in total. The van der Waals surface area contributed by atoms with Crippen LogP contribution in [0, 0.1) is 30.6 Å². The third-order valence-corrected chi connectivity index (χ3v) is 16.5. The number of hydrogen-bond acceptors (Lipinski definition) is 14. The number of fused-ring (bicyclic) bond motifs is 5. The van der Waals surface area contributed by atoms with Crippen molar-refractivity contribution >= 4 is 70.7 Å². The number of carbonyl (C=O) groups is 7. The Morgan fingerprint density at radius 1 is 1.04 bits per heavy atom. The molecule has 1 aromatic rings. The van der Waals surface area contributed by atoms with E-state index in [9.17, 15) is 38.7 Å². The van der Waals surface area contributed by atoms with Gasteiger partial charge in [0.1, 0.15) is 23.5 Å². The molecule has 1 aliphatic carbocycles. The van der Waals surface area contributed by atoms with Crippen LogP contribution in [0.5, 0.6) is 0 Å². The molecule has 5 aliphatic heterocycles. The number of aliphatic hydroxyl groups is 1. The van der Waals surface area contributed by atoms with E-state index in [0.717, 1.165) is 21.8 Å². The number of esters is 1. The molecule has 9 atom stereocenters. The van der Waals surface area contributed by atoms with Gasteiger partial charge in [-0.1, -0.05) is 55.3 Å². The molecule has 5 heterocycles. The van der Waals surface area contributed by atoms with Gasteiger partial charge >= 0.3 is 18.0 Å². The number of allylic oxidation sites excluding steroid dienone is 3. The van der Waals surface area contributed by atoms with Crippen molar-refractivity contribution in [3.63, 3.8) is 0 Å². The molecule has 378 valence electrons. The van der Waals surface area contributed by atoms with E-state index in [-0.39, 0.29) is 61.3 Å². The Hall–Kier alpha value is -4.49. The number of nitrogens with zero attached hydrogens (tertiary/aromatic N) is 3. The Kier molecular flexibility index (Phi) is 16.6. The number of likely N-dealkylation sites (tertiary alicyclic amines) is 1. The molecule has 2 N–H and O–H groups in total. The first-order valence-electron chi connectivity index (χ1n) is 24.3. The zero-order chi connectivity index (χ0) is 49.9. The van der Waals surface area contributed by atoms with Gasteiger partial charge in [0.05, 0.1) is 40.9 Å². The van der Waals surface area contributed by atoms with Crippen LogP contribution in [0.25, 0.3) is 0 Å². The minimum atomic E-state index is -1.62. The number of aryl methyl sites for hydroxylation is 1. The van der Waals surface area contributed by atoms with Crippen molar-refractivity contribution in [3.8, 4) is 0 Å². The Morgan fingerprint density at radius 3 is 2.49 bits per heavy atom. The molecule has 7 rings (SSSR count). The van der Waals surface area contributed by atoms with Gasteiger partial charge in [-0.05, 0) is 102 Å². The first-order chi connectivity index (χ1) is 32.7. The molecule has 2 unspecified atom stereocenters. The summed E-state index contributed by atoms with van der Waals surface area (Å²) in [6.07, 6.45) is 5.73. The summed E-state index contributed by atoms with van der Waals surface area (Å²) in [5.41, 5.74) is 0.410. The number of benzene rings is 1. The van der Waals surface area contributed by atoms with Gasteiger partial charge < -0.3 is 33.8 Å². The predicted octanol–water partition coefficient (Wildman–Crippen LogP) is 6.13. The van der Waals surface area contributed by atoms with Crippen LogP contribution in [0.3, 0.4) is 0 Å². The molecule has 4 bridgehead atoms. The lowest BCUT2D eigenvalue weighted by molar-refractivity contribution is -0.197. The van der Waals surface area contributed by atoms with Gasteiger partial charge in [0.15, 0.2) is 6.10 Å². The number of amides is 5. The summed E-state index contributed by atoms with van der Waals surface area (Å²) in [6, 6.07) is 3.84. The highest BCUT2D eigenvalue weighted by molar-refractivity contribution is 8.00. The Bertz CT molecular complexity index is 2230. The fourth-order valence-corrected chi connectivity index (χ4v) is 11.4. The Labute approximate surface area is 413 Å². The second-order valence-electron chi connectivity index (χ2n) is 20.0. The van der Waals surface area contributed by atoms with Gasteiger partial charge in [-0.15, -0.1) is 11.8 Å². The molecule has 1 aromatic carbocycles. The van der Waals surface area contributed by atoms with Gasteiger partial charge in [0, 0.05) is 51.3 Å². The number of rotatable bonds is 12. The maximum atomic E-state index is 14.2. The number of hydroxylamine groups is 2. The van der Waals surface area contributed by atoms with Crippen LogP contribution in [0.1, 0.15) is 110 Å². The predicted molar refractivity (Wildman–Crippen MR) is 255 cm³/mol. The summed E-state index contributed by atoms with van der Waals surface area (Å²) < 4.78 is 24.1. The molecule has 69 heavy (non-hydrogen) atoms. The van der Waals surface area contributed by atoms with Crippen LogP contribution in [0.2, 0.25) is 5.02 Å². The van der Waals surface area contributed by atoms with Crippen LogP contribution in [-0.4, -0.2) is 130 Å². The lowest BCUT2D eigenvalue weighted by atomic mass is 9.82. The minimum absolute atomic E-state index is 0.0547. The lowest BCUT2D eigenvalue weighted by Crippen LogP contribution is -2.60. The smallest absolute Gasteiger partial charge is 0.409 e. The van der Waals surface area contributed by atoms with Gasteiger partial charge in [0.2, 0.25) is 17.7 Å². The van der Waals surface area contributed by atoms with Crippen molar-refractivity contribution < 1.29 is 62.5 Å². The van der Waals surface area contributed by atoms with E-state index in [2.05, 4.69) is 5.32 Å². The summed E-state index contributed by atoms with van der Waals surface area (Å²) in [4.78, 5) is 99.9. The van der Waals surface area contributed by atoms with E-state index >= 15 is 0 Å². The summed E-state index contributed by atoms with van der Waals surface area (Å²) >= 11 is 8.19. The third kappa shape index (κ3) is 12.2. The summed E-state index contributed by atoms with van der Waals surface area (Å²) in [5.74, 6) is -2.85. The number of ether oxygens (including phenoxy) is 4. The highest BCUT2D eigenvalue weighted by Gasteiger charge is 2.64. The zero-order valence-corrected chi connectivity index (χ0v) is 42.2. The zero-order valence-electron chi connectivity index (χ0n) is 40.7. The van der Waals surface area contributed by atoms with Crippen molar-refractivity contribution in [3.05, 3.63) is 52.1 Å². The minimum Gasteiger partial charge on any atom is -0.457 e. The maximum absolute atomic E-state index is 14.2. The molecule has 0 spiro atoms. The molecular formula is C50H67ClN4O13S. The van der Waals surface area contributed by atoms with E-state index < -0.39 is 70.9 Å². The van der Waals surface area contributed by atoms with Crippen molar-refractivity contribution in [1.29, 1.82) is 0 Å². The number of carbonyl (C=O) groups excluding carboxylic acids is 7. The molecule has 19 heteroatoms. The van der Waals surface area contributed by atoms with Gasteiger partial charge in [-0.2, -0.15) is 5.06 Å². The van der Waals surface area contributed by atoms with E-state index in [1.807, 2.05) is 58.1 Å². The normalized spacial score (nSPS) is 33.8. The fraction of sp³-hybridized carbons (Fsp3) is 0.660. The summed E-state index contributed by atoms with van der Waals surface area (Å²) in [5, 5.41) is 15.4. The first kappa shape index (κ1) is 52.3. The van der Waals surface area contributed by atoms with Crippen molar-refractivity contribution in [1.82, 2.24) is 15.3 Å². The molecule has 0 aromatic heterocycles.